The number of nitrogens with zero attached hydrogens (tertiary/aromatic N) is 3. The van der Waals surface area contributed by atoms with Crippen molar-refractivity contribution in [3.05, 3.63) is 70.1 Å². The molecule has 12 heteroatoms. The van der Waals surface area contributed by atoms with E-state index < -0.39 is 10.0 Å². The maximum Gasteiger partial charge on any atom is 0.272 e. The number of thiophene rings is 1. The van der Waals surface area contributed by atoms with Crippen LogP contribution in [0.25, 0.3) is 10.9 Å². The number of hydrogen-bond donors (Lipinski definition) is 2. The summed E-state index contributed by atoms with van der Waals surface area (Å²) < 4.78 is 36.2. The van der Waals surface area contributed by atoms with Crippen LogP contribution in [0.15, 0.2) is 58.8 Å². The first-order valence-electron chi connectivity index (χ1n) is 11.0. The number of halogens is 1. The second kappa shape index (κ2) is 10.9. The molecule has 2 aromatic carbocycles. The van der Waals surface area contributed by atoms with Crippen molar-refractivity contribution in [2.45, 2.75) is 17.3 Å². The second-order valence-electron chi connectivity index (χ2n) is 8.36. The third kappa shape index (κ3) is 5.98. The van der Waals surface area contributed by atoms with Gasteiger partial charge in [0, 0.05) is 6.54 Å². The molecule has 0 bridgehead atoms. The zero-order valence-corrected chi connectivity index (χ0v) is 22.4. The van der Waals surface area contributed by atoms with Gasteiger partial charge >= 0.3 is 0 Å². The van der Waals surface area contributed by atoms with Crippen molar-refractivity contribution in [3.63, 3.8) is 0 Å². The van der Waals surface area contributed by atoms with Gasteiger partial charge in [-0.05, 0) is 49.5 Å². The van der Waals surface area contributed by atoms with Crippen LogP contribution in [-0.2, 0) is 27.9 Å². The number of benzene rings is 2. The van der Waals surface area contributed by atoms with Crippen molar-refractivity contribution in [1.29, 1.82) is 0 Å². The van der Waals surface area contributed by atoms with Gasteiger partial charge in [-0.15, -0.1) is 11.3 Å². The number of likely N-dealkylation sites (N-methyl/N-ethyl adjacent to an activating group) is 1. The first-order valence-corrected chi connectivity index (χ1v) is 13.6. The number of ether oxygens (including phenoxy) is 1. The molecule has 1 amide bonds. The number of nitrogens with one attached hydrogen (secondary N) is 2. The molecule has 9 nitrogen and oxygen atoms in total. The zero-order chi connectivity index (χ0) is 25.9. The average molecular weight is 548 g/mol. The van der Waals surface area contributed by atoms with Gasteiger partial charge in [-0.3, -0.25) is 14.2 Å². The van der Waals surface area contributed by atoms with Crippen LogP contribution in [0.4, 0.5) is 5.82 Å². The number of carbonyl (C=O) groups is 1. The van der Waals surface area contributed by atoms with Gasteiger partial charge in [0.15, 0.2) is 5.82 Å². The zero-order valence-electron chi connectivity index (χ0n) is 20.0. The van der Waals surface area contributed by atoms with Gasteiger partial charge < -0.3 is 15.0 Å². The molecule has 0 spiro atoms. The maximum absolute atomic E-state index is 13.0. The molecule has 2 aromatic heterocycles. The summed E-state index contributed by atoms with van der Waals surface area (Å²) in [7, 11) is 1.32. The summed E-state index contributed by atoms with van der Waals surface area (Å²) >= 11 is 6.91. The minimum Gasteiger partial charge on any atom is -0.496 e. The quantitative estimate of drug-likeness (QED) is 0.313. The fourth-order valence-corrected chi connectivity index (χ4v) is 6.23. The van der Waals surface area contributed by atoms with Crippen LogP contribution in [-0.4, -0.2) is 56.8 Å². The van der Waals surface area contributed by atoms with Gasteiger partial charge in [-0.25, -0.2) is 8.42 Å². The van der Waals surface area contributed by atoms with E-state index in [-0.39, 0.29) is 15.9 Å². The molecule has 4 rings (SSSR count). The standard InChI is InChI=1S/C24H26ClN5O4S2/c1-29(2)15-21(31)26-13-16-6-4-7-17(12-16)14-30-18-8-5-9-19(34-3)23(18)24(27-30)28-36(32,33)22-11-10-20(25)35-22/h4-12H,13-15H2,1-3H3,(H,26,31)(H,27,28). The molecule has 0 unspecified atom stereocenters. The van der Waals surface area contributed by atoms with Crippen LogP contribution in [0.5, 0.6) is 5.75 Å². The average Bonchev–Trinajstić information content (AvgIpc) is 3.42. The molecule has 0 atom stereocenters. The first kappa shape index (κ1) is 26.0. The predicted octanol–water partition coefficient (Wildman–Crippen LogP) is 3.79. The summed E-state index contributed by atoms with van der Waals surface area (Å²) in [6.07, 6.45) is 0. The van der Waals surface area contributed by atoms with Crippen LogP contribution >= 0.6 is 22.9 Å². The summed E-state index contributed by atoms with van der Waals surface area (Å²) in [5, 5.41) is 8.05. The molecule has 0 aliphatic carbocycles. The molecule has 0 fully saturated rings. The SMILES string of the molecule is COc1cccc2c1c(NS(=O)(=O)c1ccc(Cl)s1)nn2Cc1cccc(CNC(=O)CN(C)C)c1. The monoisotopic (exact) mass is 547 g/mol. The molecule has 0 aliphatic heterocycles. The van der Waals surface area contributed by atoms with Crippen molar-refractivity contribution in [3.8, 4) is 5.75 Å². The normalized spacial score (nSPS) is 11.7. The summed E-state index contributed by atoms with van der Waals surface area (Å²) in [6.45, 7) is 1.11. The highest BCUT2D eigenvalue weighted by atomic mass is 35.5. The number of methoxy groups -OCH3 is 1. The molecule has 2 N–H and O–H groups in total. The molecule has 0 aliphatic rings. The molecule has 190 valence electrons. The van der Waals surface area contributed by atoms with Crippen molar-refractivity contribution >= 4 is 55.6 Å². The summed E-state index contributed by atoms with van der Waals surface area (Å²) in [5.74, 6) is 0.608. The summed E-state index contributed by atoms with van der Waals surface area (Å²) in [5.41, 5.74) is 2.60. The molecule has 4 aromatic rings. The molecule has 0 radical (unpaired) electrons. The van der Waals surface area contributed by atoms with E-state index in [0.717, 1.165) is 22.5 Å². The molecule has 36 heavy (non-hydrogen) atoms. The lowest BCUT2D eigenvalue weighted by atomic mass is 10.1. The number of aromatic nitrogens is 2. The minimum absolute atomic E-state index is 0.0560. The number of anilines is 1. The Hall–Kier alpha value is -3.12. The van der Waals surface area contributed by atoms with Crippen LogP contribution in [0.3, 0.4) is 0 Å². The van der Waals surface area contributed by atoms with Crippen molar-refractivity contribution < 1.29 is 17.9 Å². The van der Waals surface area contributed by atoms with E-state index in [1.807, 2.05) is 55.4 Å². The summed E-state index contributed by atoms with van der Waals surface area (Å²) in [4.78, 5) is 13.8. The van der Waals surface area contributed by atoms with Gasteiger partial charge in [0.05, 0.1) is 35.4 Å². The Morgan fingerprint density at radius 1 is 1.14 bits per heavy atom. The fourth-order valence-electron chi connectivity index (χ4n) is 3.73. The fraction of sp³-hybridized carbons (Fsp3) is 0.250. The predicted molar refractivity (Wildman–Crippen MR) is 142 cm³/mol. The maximum atomic E-state index is 13.0. The molecular weight excluding hydrogens is 522 g/mol. The van der Waals surface area contributed by atoms with Gasteiger partial charge in [-0.2, -0.15) is 5.10 Å². The Morgan fingerprint density at radius 3 is 2.58 bits per heavy atom. The van der Waals surface area contributed by atoms with Crippen LogP contribution < -0.4 is 14.8 Å². The smallest absolute Gasteiger partial charge is 0.272 e. The Morgan fingerprint density at radius 2 is 1.89 bits per heavy atom. The minimum atomic E-state index is -3.89. The summed E-state index contributed by atoms with van der Waals surface area (Å²) in [6, 6.07) is 16.2. The molecule has 0 saturated heterocycles. The largest absolute Gasteiger partial charge is 0.496 e. The van der Waals surface area contributed by atoms with Crippen LogP contribution in [0.1, 0.15) is 11.1 Å². The number of hydrogen-bond acceptors (Lipinski definition) is 7. The highest BCUT2D eigenvalue weighted by molar-refractivity contribution is 7.94. The van der Waals surface area contributed by atoms with Crippen molar-refractivity contribution in [1.82, 2.24) is 20.0 Å². The lowest BCUT2D eigenvalue weighted by molar-refractivity contribution is -0.121. The topological polar surface area (TPSA) is 106 Å². The Kier molecular flexibility index (Phi) is 7.84. The van der Waals surface area contributed by atoms with Crippen molar-refractivity contribution in [2.75, 3.05) is 32.5 Å². The van der Waals surface area contributed by atoms with E-state index in [2.05, 4.69) is 15.1 Å². The number of carbonyl (C=O) groups excluding carboxylic acids is 1. The molecule has 0 saturated carbocycles. The first-order chi connectivity index (χ1) is 17.2. The van der Waals surface area contributed by atoms with E-state index in [1.165, 1.54) is 19.2 Å². The number of amides is 1. The molecular formula is C24H26ClN5O4S2. The lowest BCUT2D eigenvalue weighted by Crippen LogP contribution is -2.32. The van der Waals surface area contributed by atoms with Crippen LogP contribution in [0, 0.1) is 0 Å². The van der Waals surface area contributed by atoms with E-state index >= 15 is 0 Å². The van der Waals surface area contributed by atoms with Gasteiger partial charge in [0.2, 0.25) is 5.91 Å². The Labute approximate surface area is 218 Å². The van der Waals surface area contributed by atoms with Gasteiger partial charge in [0.1, 0.15) is 9.96 Å². The highest BCUT2D eigenvalue weighted by Gasteiger charge is 2.23. The highest BCUT2D eigenvalue weighted by Crippen LogP contribution is 2.35. The van der Waals surface area contributed by atoms with Gasteiger partial charge in [0.25, 0.3) is 10.0 Å². The lowest BCUT2D eigenvalue weighted by Gasteiger charge is -2.11. The number of fused-ring (bicyclic) bond motifs is 1. The third-order valence-electron chi connectivity index (χ3n) is 5.28. The second-order valence-corrected chi connectivity index (χ2v) is 12.0. The van der Waals surface area contributed by atoms with E-state index in [9.17, 15) is 13.2 Å². The third-order valence-corrected chi connectivity index (χ3v) is 8.34. The van der Waals surface area contributed by atoms with E-state index in [0.29, 0.717) is 40.6 Å². The van der Waals surface area contributed by atoms with E-state index in [1.54, 1.807) is 10.7 Å². The number of rotatable bonds is 10. The van der Waals surface area contributed by atoms with Crippen LogP contribution in [0.2, 0.25) is 4.34 Å². The molecule has 2 heterocycles. The van der Waals surface area contributed by atoms with Crippen molar-refractivity contribution in [2.24, 2.45) is 0 Å². The Bertz CT molecular complexity index is 1500. The Balaban J connectivity index is 1.63. The van der Waals surface area contributed by atoms with Gasteiger partial charge in [-0.1, -0.05) is 41.9 Å². The van der Waals surface area contributed by atoms with E-state index in [4.69, 9.17) is 16.3 Å². The number of sulfonamides is 1.